The lowest BCUT2D eigenvalue weighted by molar-refractivity contribution is 0.0563. The second-order valence-electron chi connectivity index (χ2n) is 6.18. The van der Waals surface area contributed by atoms with E-state index < -0.39 is 5.60 Å². The zero-order valence-electron chi connectivity index (χ0n) is 12.3. The van der Waals surface area contributed by atoms with Gasteiger partial charge in [-0.3, -0.25) is 4.68 Å². The maximum absolute atomic E-state index is 10.7. The van der Waals surface area contributed by atoms with Crippen molar-refractivity contribution in [1.82, 2.24) is 9.78 Å². The van der Waals surface area contributed by atoms with E-state index in [4.69, 9.17) is 0 Å². The fraction of sp³-hybridized carbons (Fsp3) is 0.471. The van der Waals surface area contributed by atoms with E-state index in [-0.39, 0.29) is 0 Å². The first-order valence-electron chi connectivity index (χ1n) is 7.57. The first kappa shape index (κ1) is 14.8. The van der Waals surface area contributed by atoms with Crippen LogP contribution in [0.1, 0.15) is 49.9 Å². The average Bonchev–Trinajstić information content (AvgIpc) is 3.09. The van der Waals surface area contributed by atoms with Crippen LogP contribution in [-0.2, 0) is 12.0 Å². The number of aromatic nitrogens is 2. The molecule has 1 saturated carbocycles. The largest absolute Gasteiger partial charge is 0.385 e. The predicted octanol–water partition coefficient (Wildman–Crippen LogP) is 4.21. The minimum Gasteiger partial charge on any atom is -0.385 e. The Balaban J connectivity index is 1.74. The van der Waals surface area contributed by atoms with Gasteiger partial charge in [0, 0.05) is 17.1 Å². The Bertz CT molecular complexity index is 598. The summed E-state index contributed by atoms with van der Waals surface area (Å²) in [5.41, 5.74) is 0.978. The van der Waals surface area contributed by atoms with E-state index in [9.17, 15) is 5.11 Å². The molecule has 1 unspecified atom stereocenters. The van der Waals surface area contributed by atoms with Crippen LogP contribution in [0.3, 0.4) is 0 Å². The summed E-state index contributed by atoms with van der Waals surface area (Å²) in [5.74, 6) is 0. The highest BCUT2D eigenvalue weighted by molar-refractivity contribution is 9.10. The van der Waals surface area contributed by atoms with Gasteiger partial charge in [-0.2, -0.15) is 5.10 Å². The topological polar surface area (TPSA) is 38.0 Å². The number of hydrogen-bond acceptors (Lipinski definition) is 2. The van der Waals surface area contributed by atoms with Crippen LogP contribution in [0.25, 0.3) is 0 Å². The van der Waals surface area contributed by atoms with Gasteiger partial charge in [0.15, 0.2) is 0 Å². The summed E-state index contributed by atoms with van der Waals surface area (Å²) in [6, 6.07) is 10.4. The summed E-state index contributed by atoms with van der Waals surface area (Å²) in [6.07, 6.45) is 7.65. The third-order valence-electron chi connectivity index (χ3n) is 4.35. The molecule has 0 amide bonds. The Morgan fingerprint density at radius 1 is 1.24 bits per heavy atom. The molecular weight excluding hydrogens is 328 g/mol. The average molecular weight is 349 g/mol. The fourth-order valence-corrected chi connectivity index (χ4v) is 3.37. The maximum atomic E-state index is 10.7. The highest BCUT2D eigenvalue weighted by atomic mass is 79.9. The first-order valence-corrected chi connectivity index (χ1v) is 8.36. The Morgan fingerprint density at radius 2 is 1.90 bits per heavy atom. The molecule has 2 aromatic rings. The van der Waals surface area contributed by atoms with Crippen molar-refractivity contribution in [3.8, 4) is 0 Å². The zero-order valence-corrected chi connectivity index (χ0v) is 13.9. The van der Waals surface area contributed by atoms with Gasteiger partial charge in [0.05, 0.1) is 17.3 Å². The van der Waals surface area contributed by atoms with E-state index in [1.807, 2.05) is 37.3 Å². The van der Waals surface area contributed by atoms with Crippen molar-refractivity contribution in [2.75, 3.05) is 0 Å². The minimum atomic E-state index is -0.893. The summed E-state index contributed by atoms with van der Waals surface area (Å²) in [6.45, 7) is 1.85. The van der Waals surface area contributed by atoms with Gasteiger partial charge in [-0.25, -0.2) is 0 Å². The van der Waals surface area contributed by atoms with E-state index in [1.165, 1.54) is 25.7 Å². The molecule has 1 aromatic heterocycles. The number of rotatable bonds is 4. The molecule has 3 rings (SSSR count). The molecule has 0 saturated heterocycles. The van der Waals surface area contributed by atoms with Crippen molar-refractivity contribution in [2.24, 2.45) is 0 Å². The van der Waals surface area contributed by atoms with Crippen LogP contribution in [0, 0.1) is 0 Å². The zero-order chi connectivity index (χ0) is 14.9. The quantitative estimate of drug-likeness (QED) is 0.898. The number of nitrogens with zero attached hydrogens (tertiary/aromatic N) is 2. The molecule has 1 aliphatic carbocycles. The van der Waals surface area contributed by atoms with E-state index in [1.54, 1.807) is 0 Å². The lowest BCUT2D eigenvalue weighted by Gasteiger charge is -2.23. The smallest absolute Gasteiger partial charge is 0.0924 e. The van der Waals surface area contributed by atoms with E-state index in [0.717, 1.165) is 15.7 Å². The minimum absolute atomic E-state index is 0.536. The van der Waals surface area contributed by atoms with Gasteiger partial charge >= 0.3 is 0 Å². The standard InChI is InChI=1S/C17H21BrN2O/c1-17(21,13-6-8-14(18)9-7-13)12-15-10-11-20(19-15)16-4-2-3-5-16/h6-11,16,21H,2-5,12H2,1H3. The predicted molar refractivity (Wildman–Crippen MR) is 87.1 cm³/mol. The summed E-state index contributed by atoms with van der Waals surface area (Å²) in [7, 11) is 0. The molecule has 1 atom stereocenters. The molecule has 0 spiro atoms. The second-order valence-corrected chi connectivity index (χ2v) is 7.10. The number of aliphatic hydroxyl groups is 1. The number of halogens is 1. The maximum Gasteiger partial charge on any atom is 0.0924 e. The van der Waals surface area contributed by atoms with Crippen LogP contribution in [0.15, 0.2) is 41.0 Å². The Hall–Kier alpha value is -1.13. The van der Waals surface area contributed by atoms with Gasteiger partial charge in [-0.15, -0.1) is 0 Å². The molecule has 0 radical (unpaired) electrons. The molecule has 1 N–H and O–H groups in total. The van der Waals surface area contributed by atoms with Crippen molar-refractivity contribution < 1.29 is 5.11 Å². The fourth-order valence-electron chi connectivity index (χ4n) is 3.11. The van der Waals surface area contributed by atoms with E-state index >= 15 is 0 Å². The van der Waals surface area contributed by atoms with Gasteiger partial charge in [0.2, 0.25) is 0 Å². The summed E-state index contributed by atoms with van der Waals surface area (Å²) in [5, 5.41) is 15.4. The third kappa shape index (κ3) is 3.38. The van der Waals surface area contributed by atoms with Crippen LogP contribution < -0.4 is 0 Å². The van der Waals surface area contributed by atoms with Gasteiger partial charge < -0.3 is 5.11 Å². The summed E-state index contributed by atoms with van der Waals surface area (Å²) >= 11 is 3.42. The Labute approximate surface area is 134 Å². The second kappa shape index (κ2) is 5.93. The van der Waals surface area contributed by atoms with Crippen LogP contribution in [0.5, 0.6) is 0 Å². The highest BCUT2D eigenvalue weighted by Gasteiger charge is 2.25. The Kier molecular flexibility index (Phi) is 4.18. The molecule has 21 heavy (non-hydrogen) atoms. The molecule has 1 fully saturated rings. The molecule has 1 aromatic carbocycles. The third-order valence-corrected chi connectivity index (χ3v) is 4.88. The van der Waals surface area contributed by atoms with Crippen molar-refractivity contribution in [3.63, 3.8) is 0 Å². The van der Waals surface area contributed by atoms with Crippen molar-refractivity contribution >= 4 is 15.9 Å². The van der Waals surface area contributed by atoms with Gasteiger partial charge in [-0.05, 0) is 43.5 Å². The van der Waals surface area contributed by atoms with Crippen LogP contribution in [0.2, 0.25) is 0 Å². The number of benzene rings is 1. The summed E-state index contributed by atoms with van der Waals surface area (Å²) < 4.78 is 3.10. The highest BCUT2D eigenvalue weighted by Crippen LogP contribution is 2.30. The van der Waals surface area contributed by atoms with Gasteiger partial charge in [0.25, 0.3) is 0 Å². The molecule has 112 valence electrons. The normalized spacial score (nSPS) is 18.8. The van der Waals surface area contributed by atoms with Crippen LogP contribution in [-0.4, -0.2) is 14.9 Å². The van der Waals surface area contributed by atoms with E-state index in [2.05, 4.69) is 31.9 Å². The van der Waals surface area contributed by atoms with Gasteiger partial charge in [-0.1, -0.05) is 40.9 Å². The molecule has 0 bridgehead atoms. The molecule has 1 aliphatic rings. The molecule has 3 nitrogen and oxygen atoms in total. The summed E-state index contributed by atoms with van der Waals surface area (Å²) in [4.78, 5) is 0. The van der Waals surface area contributed by atoms with E-state index in [0.29, 0.717) is 12.5 Å². The number of hydrogen-bond donors (Lipinski definition) is 1. The SMILES string of the molecule is CC(O)(Cc1ccn(C2CCCC2)n1)c1ccc(Br)cc1. The lowest BCUT2D eigenvalue weighted by Crippen LogP contribution is -2.24. The lowest BCUT2D eigenvalue weighted by atomic mass is 9.91. The van der Waals surface area contributed by atoms with Crippen LogP contribution >= 0.6 is 15.9 Å². The van der Waals surface area contributed by atoms with Gasteiger partial charge in [0.1, 0.15) is 0 Å². The van der Waals surface area contributed by atoms with Crippen molar-refractivity contribution in [2.45, 2.75) is 50.7 Å². The molecule has 1 heterocycles. The van der Waals surface area contributed by atoms with Crippen LogP contribution in [0.4, 0.5) is 0 Å². The van der Waals surface area contributed by atoms with Crippen molar-refractivity contribution in [3.05, 3.63) is 52.3 Å². The molecule has 0 aliphatic heterocycles. The molecule has 4 heteroatoms. The molecular formula is C17H21BrN2O. The van der Waals surface area contributed by atoms with Crippen molar-refractivity contribution in [1.29, 1.82) is 0 Å². The monoisotopic (exact) mass is 348 g/mol. The first-order chi connectivity index (χ1) is 10.0. The Morgan fingerprint density at radius 3 is 2.57 bits per heavy atom.